The van der Waals surface area contributed by atoms with Crippen molar-refractivity contribution < 1.29 is 9.59 Å². The average molecular weight is 379 g/mol. The highest BCUT2D eigenvalue weighted by Crippen LogP contribution is 2.29. The number of hydrazone groups is 1. The minimum absolute atomic E-state index is 0.122. The molecule has 8 heteroatoms. The molecule has 0 radical (unpaired) electrons. The van der Waals surface area contributed by atoms with Crippen LogP contribution in [0.25, 0.3) is 5.70 Å². The van der Waals surface area contributed by atoms with Crippen LogP contribution in [-0.2, 0) is 9.59 Å². The molecule has 0 spiro atoms. The molecule has 136 valence electrons. The first-order valence-corrected chi connectivity index (χ1v) is 9.37. The Morgan fingerprint density at radius 3 is 2.56 bits per heavy atom. The molecule has 0 aromatic heterocycles. The van der Waals surface area contributed by atoms with E-state index in [0.717, 1.165) is 16.9 Å². The zero-order chi connectivity index (χ0) is 18.6. The van der Waals surface area contributed by atoms with Crippen LogP contribution in [0.4, 0.5) is 5.69 Å². The molecular formula is C19H17N5O2S. The van der Waals surface area contributed by atoms with Crippen molar-refractivity contribution in [3.8, 4) is 0 Å². The van der Waals surface area contributed by atoms with Crippen molar-refractivity contribution >= 4 is 40.1 Å². The summed E-state index contributed by atoms with van der Waals surface area (Å²) in [5.41, 5.74) is 5.30. The fourth-order valence-corrected chi connectivity index (χ4v) is 3.62. The molecular weight excluding hydrogens is 362 g/mol. The van der Waals surface area contributed by atoms with Gasteiger partial charge in [-0.1, -0.05) is 60.3 Å². The number of rotatable bonds is 4. The maximum absolute atomic E-state index is 12.2. The van der Waals surface area contributed by atoms with Crippen LogP contribution in [0.15, 0.2) is 71.8 Å². The second-order valence-corrected chi connectivity index (χ2v) is 6.85. The molecule has 27 heavy (non-hydrogen) atoms. The second kappa shape index (κ2) is 7.55. The summed E-state index contributed by atoms with van der Waals surface area (Å²) in [6, 6.07) is 18.9. The molecule has 2 aromatic rings. The molecule has 0 saturated heterocycles. The standard InChI is InChI=1S/C19H17N5O2S/c25-16-11-15(13-7-3-1-4-8-13)24-18(21-16)22-23-19(24)27-12-17(26)20-14-9-5-2-6-10-14/h1-11,18,22H,12H2,(H,20,26)(H,21,25). The first kappa shape index (κ1) is 17.2. The third-order valence-electron chi connectivity index (χ3n) is 4.01. The minimum Gasteiger partial charge on any atom is -0.325 e. The number of fused-ring (bicyclic) bond motifs is 1. The van der Waals surface area contributed by atoms with Gasteiger partial charge >= 0.3 is 0 Å². The van der Waals surface area contributed by atoms with Crippen molar-refractivity contribution in [2.24, 2.45) is 5.10 Å². The molecule has 0 bridgehead atoms. The normalized spacial score (nSPS) is 18.0. The van der Waals surface area contributed by atoms with E-state index in [2.05, 4.69) is 21.2 Å². The molecule has 2 aliphatic rings. The largest absolute Gasteiger partial charge is 0.325 e. The number of para-hydroxylation sites is 1. The first-order chi connectivity index (χ1) is 13.2. The monoisotopic (exact) mass is 379 g/mol. The number of hydrogen-bond donors (Lipinski definition) is 3. The Kier molecular flexibility index (Phi) is 4.80. The van der Waals surface area contributed by atoms with Crippen LogP contribution in [-0.4, -0.2) is 33.9 Å². The fraction of sp³-hybridized carbons (Fsp3) is 0.105. The van der Waals surface area contributed by atoms with Crippen molar-refractivity contribution in [2.75, 3.05) is 11.1 Å². The molecule has 1 atom stereocenters. The molecule has 4 rings (SSSR count). The summed E-state index contributed by atoms with van der Waals surface area (Å²) in [6.07, 6.45) is 1.08. The van der Waals surface area contributed by atoms with Gasteiger partial charge in [0.15, 0.2) is 11.5 Å². The highest BCUT2D eigenvalue weighted by Gasteiger charge is 2.36. The van der Waals surface area contributed by atoms with Crippen LogP contribution in [0, 0.1) is 0 Å². The lowest BCUT2D eigenvalue weighted by molar-refractivity contribution is -0.118. The lowest BCUT2D eigenvalue weighted by Gasteiger charge is -2.32. The molecule has 2 heterocycles. The summed E-state index contributed by atoms with van der Waals surface area (Å²) >= 11 is 1.31. The molecule has 3 N–H and O–H groups in total. The molecule has 2 aliphatic heterocycles. The van der Waals surface area contributed by atoms with Crippen LogP contribution >= 0.6 is 11.8 Å². The van der Waals surface area contributed by atoms with Gasteiger partial charge in [-0.15, -0.1) is 0 Å². The molecule has 7 nitrogen and oxygen atoms in total. The molecule has 0 aliphatic carbocycles. The number of carbonyl (C=O) groups excluding carboxylic acids is 2. The van der Waals surface area contributed by atoms with Crippen LogP contribution in [0.3, 0.4) is 0 Å². The van der Waals surface area contributed by atoms with Crippen molar-refractivity contribution in [3.05, 3.63) is 72.3 Å². The molecule has 2 amide bonds. The topological polar surface area (TPSA) is 85.8 Å². The highest BCUT2D eigenvalue weighted by atomic mass is 32.2. The fourth-order valence-electron chi connectivity index (χ4n) is 2.83. The van der Waals surface area contributed by atoms with Crippen LogP contribution < -0.4 is 16.1 Å². The van der Waals surface area contributed by atoms with E-state index < -0.39 is 6.29 Å². The Bertz CT molecular complexity index is 914. The maximum atomic E-state index is 12.2. The summed E-state index contributed by atoms with van der Waals surface area (Å²) in [4.78, 5) is 26.1. The number of amidine groups is 1. The molecule has 0 fully saturated rings. The number of anilines is 1. The third kappa shape index (κ3) is 3.80. The van der Waals surface area contributed by atoms with Gasteiger partial charge in [0.2, 0.25) is 11.8 Å². The molecule has 2 aromatic carbocycles. The highest BCUT2D eigenvalue weighted by molar-refractivity contribution is 8.14. The van der Waals surface area contributed by atoms with Crippen LogP contribution in [0.5, 0.6) is 0 Å². The van der Waals surface area contributed by atoms with E-state index in [-0.39, 0.29) is 17.6 Å². The number of carbonyl (C=O) groups is 2. The van der Waals surface area contributed by atoms with E-state index in [1.54, 1.807) is 6.08 Å². The predicted octanol–water partition coefficient (Wildman–Crippen LogP) is 1.99. The number of thioether (sulfide) groups is 1. The number of benzene rings is 2. The van der Waals surface area contributed by atoms with E-state index in [1.807, 2.05) is 65.6 Å². The average Bonchev–Trinajstić information content (AvgIpc) is 3.10. The summed E-state index contributed by atoms with van der Waals surface area (Å²) in [5.74, 6) is -0.108. The minimum atomic E-state index is -0.461. The zero-order valence-electron chi connectivity index (χ0n) is 14.3. The van der Waals surface area contributed by atoms with Crippen molar-refractivity contribution in [1.29, 1.82) is 0 Å². The van der Waals surface area contributed by atoms with Crippen LogP contribution in [0.2, 0.25) is 0 Å². The second-order valence-electron chi connectivity index (χ2n) is 5.90. The van der Waals surface area contributed by atoms with Gasteiger partial charge < -0.3 is 10.6 Å². The summed E-state index contributed by atoms with van der Waals surface area (Å²) in [6.45, 7) is 0. The smallest absolute Gasteiger partial charge is 0.249 e. The van der Waals surface area contributed by atoms with Gasteiger partial charge in [0.05, 0.1) is 11.4 Å². The van der Waals surface area contributed by atoms with Gasteiger partial charge in [0, 0.05) is 11.8 Å². The van der Waals surface area contributed by atoms with Gasteiger partial charge in [-0.05, 0) is 17.7 Å². The van der Waals surface area contributed by atoms with Gasteiger partial charge in [0.25, 0.3) is 0 Å². The quantitative estimate of drug-likeness (QED) is 0.756. The van der Waals surface area contributed by atoms with E-state index in [0.29, 0.717) is 5.17 Å². The Morgan fingerprint density at radius 2 is 1.81 bits per heavy atom. The van der Waals surface area contributed by atoms with E-state index in [4.69, 9.17) is 0 Å². The number of nitrogens with zero attached hydrogens (tertiary/aromatic N) is 2. The van der Waals surface area contributed by atoms with E-state index in [9.17, 15) is 9.59 Å². The van der Waals surface area contributed by atoms with Crippen molar-refractivity contribution in [2.45, 2.75) is 6.29 Å². The summed E-state index contributed by atoms with van der Waals surface area (Å²) in [7, 11) is 0. The Labute approximate surface area is 160 Å². The Balaban J connectivity index is 1.47. The molecule has 0 saturated carbocycles. The predicted molar refractivity (Wildman–Crippen MR) is 106 cm³/mol. The first-order valence-electron chi connectivity index (χ1n) is 8.38. The van der Waals surface area contributed by atoms with Gasteiger partial charge in [-0.3, -0.25) is 19.9 Å². The third-order valence-corrected chi connectivity index (χ3v) is 4.97. The SMILES string of the molecule is O=C1C=C(c2ccccc2)N2C(SCC(=O)Nc3ccccc3)=NNC2N1. The lowest BCUT2D eigenvalue weighted by atomic mass is 10.1. The van der Waals surface area contributed by atoms with E-state index >= 15 is 0 Å². The molecule has 1 unspecified atom stereocenters. The van der Waals surface area contributed by atoms with Gasteiger partial charge in [0.1, 0.15) is 0 Å². The summed E-state index contributed by atoms with van der Waals surface area (Å²) in [5, 5.41) is 10.6. The number of hydrogen-bond acceptors (Lipinski definition) is 6. The van der Waals surface area contributed by atoms with Crippen LogP contribution in [0.1, 0.15) is 5.56 Å². The zero-order valence-corrected chi connectivity index (χ0v) is 15.1. The lowest BCUT2D eigenvalue weighted by Crippen LogP contribution is -2.53. The van der Waals surface area contributed by atoms with Crippen molar-refractivity contribution in [1.82, 2.24) is 15.6 Å². The van der Waals surface area contributed by atoms with E-state index in [1.165, 1.54) is 11.8 Å². The van der Waals surface area contributed by atoms with Crippen molar-refractivity contribution in [3.63, 3.8) is 0 Å². The Morgan fingerprint density at radius 1 is 1.11 bits per heavy atom. The van der Waals surface area contributed by atoms with Gasteiger partial charge in [-0.2, -0.15) is 5.10 Å². The number of amides is 2. The Hall–Kier alpha value is -3.26. The number of nitrogens with one attached hydrogen (secondary N) is 3. The van der Waals surface area contributed by atoms with Gasteiger partial charge in [-0.25, -0.2) is 0 Å². The summed E-state index contributed by atoms with van der Waals surface area (Å²) < 4.78 is 0. The maximum Gasteiger partial charge on any atom is 0.249 e.